The van der Waals surface area contributed by atoms with Gasteiger partial charge in [-0.25, -0.2) is 14.7 Å². The molecule has 1 aliphatic carbocycles. The Kier molecular flexibility index (Phi) is 2.81. The summed E-state index contributed by atoms with van der Waals surface area (Å²) in [4.78, 5) is 40.3. The molecular weight excluding hydrogens is 260 g/mol. The summed E-state index contributed by atoms with van der Waals surface area (Å²) in [6.45, 7) is 2.05. The Morgan fingerprint density at radius 3 is 2.30 bits per heavy atom. The molecular formula is C14H14N2O4. The lowest BCUT2D eigenvalue weighted by atomic mass is 10.00. The van der Waals surface area contributed by atoms with Gasteiger partial charge in [0, 0.05) is 0 Å². The Labute approximate surface area is 115 Å². The summed E-state index contributed by atoms with van der Waals surface area (Å²) in [6.07, 6.45) is 2.75. The number of aromatic nitrogens is 1. The Balaban J connectivity index is 1.90. The van der Waals surface area contributed by atoms with Crippen molar-refractivity contribution in [1.29, 1.82) is 0 Å². The van der Waals surface area contributed by atoms with Crippen LogP contribution in [0, 0.1) is 17.8 Å². The smallest absolute Gasteiger partial charge is 0.354 e. The number of nitrogens with zero attached hydrogens (tertiary/aromatic N) is 2. The fraction of sp³-hybridized carbons (Fsp3) is 0.429. The van der Waals surface area contributed by atoms with Gasteiger partial charge in [-0.2, -0.15) is 0 Å². The van der Waals surface area contributed by atoms with Crippen LogP contribution >= 0.6 is 0 Å². The summed E-state index contributed by atoms with van der Waals surface area (Å²) < 4.78 is 0. The van der Waals surface area contributed by atoms with Crippen LogP contribution < -0.4 is 4.90 Å². The summed E-state index contributed by atoms with van der Waals surface area (Å²) in [5, 5.41) is 8.80. The SMILES string of the molecule is CC1CC2C(=O)N(c3ccc(C(=O)O)nc3)C(=O)C2C1. The number of carboxylic acid groups (broad SMARTS) is 1. The van der Waals surface area contributed by atoms with Gasteiger partial charge in [0.2, 0.25) is 11.8 Å². The molecule has 1 saturated heterocycles. The lowest BCUT2D eigenvalue weighted by molar-refractivity contribution is -0.123. The highest BCUT2D eigenvalue weighted by Gasteiger charge is 2.52. The van der Waals surface area contributed by atoms with Gasteiger partial charge in [-0.1, -0.05) is 6.92 Å². The molecule has 2 heterocycles. The number of imide groups is 1. The summed E-state index contributed by atoms with van der Waals surface area (Å²) >= 11 is 0. The quantitative estimate of drug-likeness (QED) is 0.822. The molecule has 0 spiro atoms. The van der Waals surface area contributed by atoms with E-state index in [0.29, 0.717) is 11.6 Å². The molecule has 1 saturated carbocycles. The second-order valence-corrected chi connectivity index (χ2v) is 5.51. The maximum atomic E-state index is 12.3. The zero-order valence-electron chi connectivity index (χ0n) is 10.9. The average Bonchev–Trinajstić information content (AvgIpc) is 2.90. The highest BCUT2D eigenvalue weighted by molar-refractivity contribution is 6.22. The van der Waals surface area contributed by atoms with Gasteiger partial charge in [0.1, 0.15) is 5.69 Å². The molecule has 2 amide bonds. The first-order valence-electron chi connectivity index (χ1n) is 6.56. The van der Waals surface area contributed by atoms with Crippen molar-refractivity contribution >= 4 is 23.5 Å². The first-order valence-corrected chi connectivity index (χ1v) is 6.56. The molecule has 0 radical (unpaired) electrons. The molecule has 1 aromatic rings. The molecule has 104 valence electrons. The van der Waals surface area contributed by atoms with Crippen molar-refractivity contribution in [3.63, 3.8) is 0 Å². The van der Waals surface area contributed by atoms with Crippen molar-refractivity contribution in [2.24, 2.45) is 17.8 Å². The summed E-state index contributed by atoms with van der Waals surface area (Å²) in [6, 6.07) is 2.76. The van der Waals surface area contributed by atoms with Gasteiger partial charge in [-0.3, -0.25) is 9.59 Å². The molecule has 6 heteroatoms. The Morgan fingerprint density at radius 1 is 1.25 bits per heavy atom. The molecule has 3 rings (SSSR count). The van der Waals surface area contributed by atoms with Gasteiger partial charge in [-0.15, -0.1) is 0 Å². The van der Waals surface area contributed by atoms with Crippen LogP contribution in [0.25, 0.3) is 0 Å². The summed E-state index contributed by atoms with van der Waals surface area (Å²) in [7, 11) is 0. The minimum absolute atomic E-state index is 0.110. The molecule has 2 fully saturated rings. The number of carbonyl (C=O) groups is 3. The zero-order chi connectivity index (χ0) is 14.4. The highest BCUT2D eigenvalue weighted by atomic mass is 16.4. The number of anilines is 1. The van der Waals surface area contributed by atoms with Crippen LogP contribution in [0.5, 0.6) is 0 Å². The normalized spacial score (nSPS) is 28.9. The number of pyridine rings is 1. The third-order valence-corrected chi connectivity index (χ3v) is 4.10. The monoisotopic (exact) mass is 274 g/mol. The van der Waals surface area contributed by atoms with E-state index >= 15 is 0 Å². The summed E-state index contributed by atoms with van der Waals surface area (Å²) in [5.74, 6) is -1.56. The standard InChI is InChI=1S/C14H14N2O4/c1-7-4-9-10(5-7)13(18)16(12(9)17)8-2-3-11(14(19)20)15-6-8/h2-3,6-7,9-10H,4-5H2,1H3,(H,19,20). The van der Waals surface area contributed by atoms with Crippen molar-refractivity contribution in [3.8, 4) is 0 Å². The lowest BCUT2D eigenvalue weighted by Gasteiger charge is -2.16. The molecule has 2 unspecified atom stereocenters. The Bertz CT molecular complexity index is 572. The van der Waals surface area contributed by atoms with Gasteiger partial charge < -0.3 is 5.11 Å². The van der Waals surface area contributed by atoms with Crippen LogP contribution in [0.3, 0.4) is 0 Å². The minimum Gasteiger partial charge on any atom is -0.477 e. The molecule has 1 aromatic heterocycles. The van der Waals surface area contributed by atoms with Crippen molar-refractivity contribution in [2.75, 3.05) is 4.90 Å². The fourth-order valence-corrected chi connectivity index (χ4v) is 3.18. The molecule has 6 nitrogen and oxygen atoms in total. The number of rotatable bonds is 2. The first-order chi connectivity index (χ1) is 9.49. The fourth-order valence-electron chi connectivity index (χ4n) is 3.18. The predicted molar refractivity (Wildman–Crippen MR) is 69.1 cm³/mol. The highest BCUT2D eigenvalue weighted by Crippen LogP contribution is 2.44. The van der Waals surface area contributed by atoms with Crippen LogP contribution in [-0.2, 0) is 9.59 Å². The van der Waals surface area contributed by atoms with E-state index < -0.39 is 5.97 Å². The van der Waals surface area contributed by atoms with E-state index in [2.05, 4.69) is 4.98 Å². The number of carboxylic acids is 1. The molecule has 0 bridgehead atoms. The van der Waals surface area contributed by atoms with Gasteiger partial charge >= 0.3 is 5.97 Å². The first kappa shape index (κ1) is 12.8. The van der Waals surface area contributed by atoms with Crippen LogP contribution in [-0.4, -0.2) is 27.9 Å². The molecule has 2 atom stereocenters. The van der Waals surface area contributed by atoms with Crippen LogP contribution in [0.15, 0.2) is 18.3 Å². The second-order valence-electron chi connectivity index (χ2n) is 5.51. The van der Waals surface area contributed by atoms with Crippen molar-refractivity contribution < 1.29 is 19.5 Å². The third kappa shape index (κ3) is 1.79. The van der Waals surface area contributed by atoms with Gasteiger partial charge in [-0.05, 0) is 30.9 Å². The van der Waals surface area contributed by atoms with E-state index in [1.165, 1.54) is 18.3 Å². The molecule has 2 aliphatic rings. The molecule has 1 N–H and O–H groups in total. The van der Waals surface area contributed by atoms with E-state index in [4.69, 9.17) is 5.11 Å². The molecule has 1 aliphatic heterocycles. The van der Waals surface area contributed by atoms with Gasteiger partial charge in [0.15, 0.2) is 0 Å². The maximum Gasteiger partial charge on any atom is 0.354 e. The number of amides is 2. The van der Waals surface area contributed by atoms with Crippen molar-refractivity contribution in [1.82, 2.24) is 4.98 Å². The molecule has 0 aromatic carbocycles. The Hall–Kier alpha value is -2.24. The number of hydrogen-bond donors (Lipinski definition) is 1. The van der Waals surface area contributed by atoms with E-state index in [1.807, 2.05) is 6.92 Å². The molecule has 20 heavy (non-hydrogen) atoms. The zero-order valence-corrected chi connectivity index (χ0v) is 10.9. The number of carbonyl (C=O) groups excluding carboxylic acids is 2. The van der Waals surface area contributed by atoms with Crippen LogP contribution in [0.1, 0.15) is 30.3 Å². The number of hydrogen-bond acceptors (Lipinski definition) is 4. The maximum absolute atomic E-state index is 12.3. The van der Waals surface area contributed by atoms with E-state index in [9.17, 15) is 14.4 Å². The Morgan fingerprint density at radius 2 is 1.85 bits per heavy atom. The average molecular weight is 274 g/mol. The van der Waals surface area contributed by atoms with E-state index in [1.54, 1.807) is 0 Å². The lowest BCUT2D eigenvalue weighted by Crippen LogP contribution is -2.32. The second kappa shape index (κ2) is 4.40. The predicted octanol–water partition coefficient (Wildman–Crippen LogP) is 1.32. The number of aromatic carboxylic acids is 1. The summed E-state index contributed by atoms with van der Waals surface area (Å²) in [5.41, 5.74) is 0.244. The minimum atomic E-state index is -1.14. The third-order valence-electron chi connectivity index (χ3n) is 4.10. The van der Waals surface area contributed by atoms with Crippen molar-refractivity contribution in [2.45, 2.75) is 19.8 Å². The van der Waals surface area contributed by atoms with E-state index in [0.717, 1.165) is 17.7 Å². The van der Waals surface area contributed by atoms with Gasteiger partial charge in [0.05, 0.1) is 23.7 Å². The van der Waals surface area contributed by atoms with E-state index in [-0.39, 0.29) is 29.3 Å². The van der Waals surface area contributed by atoms with Crippen LogP contribution in [0.2, 0.25) is 0 Å². The van der Waals surface area contributed by atoms with Crippen LogP contribution in [0.4, 0.5) is 5.69 Å². The topological polar surface area (TPSA) is 87.6 Å². The largest absolute Gasteiger partial charge is 0.477 e. The van der Waals surface area contributed by atoms with Crippen molar-refractivity contribution in [3.05, 3.63) is 24.0 Å². The van der Waals surface area contributed by atoms with Gasteiger partial charge in [0.25, 0.3) is 0 Å². The number of fused-ring (bicyclic) bond motifs is 1.